The van der Waals surface area contributed by atoms with Gasteiger partial charge in [0.25, 0.3) is 5.91 Å². The lowest BCUT2D eigenvalue weighted by atomic mass is 10.0. The SMILES string of the molecule is N#CCNC(=O)C(Cc1cc(I)c(OC(=O)C(F)(F)F)c(I)c1)NC(=O)c1ccc(-c2csc(Nc3ccncc3)n2)cc1. The van der Waals surface area contributed by atoms with Gasteiger partial charge in [0.15, 0.2) is 10.9 Å². The van der Waals surface area contributed by atoms with Gasteiger partial charge in [-0.3, -0.25) is 14.6 Å². The number of thiazole rings is 1. The lowest BCUT2D eigenvalue weighted by Gasteiger charge is -2.19. The molecule has 4 rings (SSSR count). The first-order chi connectivity index (χ1) is 20.9. The number of carbonyl (C=O) groups is 3. The maximum Gasteiger partial charge on any atom is 0.491 e. The number of nitriles is 1. The van der Waals surface area contributed by atoms with Crippen molar-refractivity contribution in [2.24, 2.45) is 0 Å². The smallest absolute Gasteiger partial charge is 0.418 e. The van der Waals surface area contributed by atoms with E-state index in [4.69, 9.17) is 5.26 Å². The monoisotopic (exact) mass is 846 g/mol. The number of benzene rings is 2. The van der Waals surface area contributed by atoms with E-state index in [0.29, 0.717) is 16.4 Å². The van der Waals surface area contributed by atoms with Crippen molar-refractivity contribution in [3.63, 3.8) is 0 Å². The zero-order valence-corrected chi connectivity index (χ0v) is 27.2. The number of rotatable bonds is 10. The Kier molecular flexibility index (Phi) is 11.1. The molecule has 0 spiro atoms. The zero-order chi connectivity index (χ0) is 31.9. The molecule has 0 aliphatic carbocycles. The van der Waals surface area contributed by atoms with Crippen LogP contribution in [0.1, 0.15) is 15.9 Å². The van der Waals surface area contributed by atoms with Crippen LogP contribution in [0.2, 0.25) is 0 Å². The molecule has 0 radical (unpaired) electrons. The summed E-state index contributed by atoms with van der Waals surface area (Å²) in [5.41, 5.74) is 3.03. The Hall–Kier alpha value is -3.83. The standard InChI is InChI=1S/C28H19F3I2N6O4S/c29-28(30,31)26(42)43-23-19(32)11-15(12-20(23)33)13-21(25(41)36-10-7-34)38-24(40)17-3-1-16(2-4-17)22-14-44-27(39-22)37-18-5-8-35-9-6-18/h1-6,8-9,11-12,14,21H,10,13H2,(H,36,41)(H,38,40)(H,35,37,39). The van der Waals surface area contributed by atoms with Crippen LogP contribution < -0.4 is 20.7 Å². The van der Waals surface area contributed by atoms with Gasteiger partial charge in [-0.2, -0.15) is 18.4 Å². The van der Waals surface area contributed by atoms with Crippen molar-refractivity contribution in [2.45, 2.75) is 18.6 Å². The average molecular weight is 846 g/mol. The van der Waals surface area contributed by atoms with Gasteiger partial charge < -0.3 is 20.7 Å². The van der Waals surface area contributed by atoms with Gasteiger partial charge in [0, 0.05) is 41.0 Å². The number of esters is 1. The number of nitrogens with one attached hydrogen (secondary N) is 3. The first kappa shape index (κ1) is 33.1. The lowest BCUT2D eigenvalue weighted by molar-refractivity contribution is -0.189. The summed E-state index contributed by atoms with van der Waals surface area (Å²) in [6.07, 6.45) is -1.91. The van der Waals surface area contributed by atoms with Crippen molar-refractivity contribution in [1.29, 1.82) is 5.26 Å². The summed E-state index contributed by atoms with van der Waals surface area (Å²) in [6.45, 7) is -0.299. The Labute approximate surface area is 279 Å². The first-order valence-corrected chi connectivity index (χ1v) is 15.4. The molecule has 0 saturated carbocycles. The predicted molar refractivity (Wildman–Crippen MR) is 172 cm³/mol. The molecule has 1 atom stereocenters. The summed E-state index contributed by atoms with van der Waals surface area (Å²) in [7, 11) is 0. The van der Waals surface area contributed by atoms with Crippen LogP contribution >= 0.6 is 56.5 Å². The van der Waals surface area contributed by atoms with Crippen LogP contribution in [0.3, 0.4) is 0 Å². The van der Waals surface area contributed by atoms with E-state index in [1.807, 2.05) is 17.5 Å². The van der Waals surface area contributed by atoms with Crippen molar-refractivity contribution in [3.05, 3.63) is 84.6 Å². The second-order valence-electron chi connectivity index (χ2n) is 8.86. The zero-order valence-electron chi connectivity index (χ0n) is 22.1. The molecule has 2 aromatic heterocycles. The number of aromatic nitrogens is 2. The van der Waals surface area contributed by atoms with Crippen LogP contribution in [0.5, 0.6) is 5.75 Å². The second kappa shape index (κ2) is 14.8. The van der Waals surface area contributed by atoms with Gasteiger partial charge in [-0.15, -0.1) is 11.3 Å². The molecule has 226 valence electrons. The molecule has 4 aromatic rings. The molecule has 0 saturated heterocycles. The van der Waals surface area contributed by atoms with Gasteiger partial charge >= 0.3 is 12.1 Å². The fraction of sp³-hybridized carbons (Fsp3) is 0.143. The molecule has 3 N–H and O–H groups in total. The van der Waals surface area contributed by atoms with E-state index in [0.717, 1.165) is 11.3 Å². The van der Waals surface area contributed by atoms with E-state index in [9.17, 15) is 27.6 Å². The topological polar surface area (TPSA) is 146 Å². The molecule has 16 heteroatoms. The maximum atomic E-state index is 13.1. The highest BCUT2D eigenvalue weighted by molar-refractivity contribution is 14.1. The van der Waals surface area contributed by atoms with E-state index in [1.54, 1.807) is 87.9 Å². The molecule has 2 amide bonds. The predicted octanol–water partition coefficient (Wildman–Crippen LogP) is 5.61. The number of anilines is 2. The Bertz CT molecular complexity index is 1690. The van der Waals surface area contributed by atoms with E-state index in [1.165, 1.54) is 23.5 Å². The third-order valence-corrected chi connectivity index (χ3v) is 8.13. The number of ether oxygens (including phenoxy) is 1. The molecule has 1 unspecified atom stereocenters. The quantitative estimate of drug-likeness (QED) is 0.0810. The van der Waals surface area contributed by atoms with Crippen molar-refractivity contribution < 1.29 is 32.3 Å². The normalized spacial score (nSPS) is 11.6. The molecular formula is C28H19F3I2N6O4S. The molecule has 10 nitrogen and oxygen atoms in total. The summed E-state index contributed by atoms with van der Waals surface area (Å²) in [5, 5.41) is 19.7. The van der Waals surface area contributed by atoms with Gasteiger partial charge in [0.05, 0.1) is 18.9 Å². The third kappa shape index (κ3) is 8.86. The largest absolute Gasteiger partial charge is 0.491 e. The minimum Gasteiger partial charge on any atom is -0.418 e. The van der Waals surface area contributed by atoms with E-state index in [-0.39, 0.29) is 31.4 Å². The number of halogens is 5. The first-order valence-electron chi connectivity index (χ1n) is 12.4. The summed E-state index contributed by atoms with van der Waals surface area (Å²) < 4.78 is 43.0. The van der Waals surface area contributed by atoms with Crippen LogP contribution in [0, 0.1) is 18.5 Å². The molecule has 0 aliphatic rings. The van der Waals surface area contributed by atoms with Crippen LogP contribution in [-0.4, -0.2) is 46.5 Å². The van der Waals surface area contributed by atoms with Crippen LogP contribution in [0.15, 0.2) is 66.3 Å². The maximum absolute atomic E-state index is 13.1. The molecule has 0 fully saturated rings. The lowest BCUT2D eigenvalue weighted by Crippen LogP contribution is -2.48. The van der Waals surface area contributed by atoms with Crippen LogP contribution in [-0.2, 0) is 16.0 Å². The highest BCUT2D eigenvalue weighted by Crippen LogP contribution is 2.32. The fourth-order valence-corrected chi connectivity index (χ4v) is 6.59. The van der Waals surface area contributed by atoms with Gasteiger partial charge in [-0.05, 0) is 87.1 Å². The van der Waals surface area contributed by atoms with Crippen molar-refractivity contribution in [1.82, 2.24) is 20.6 Å². The molecule has 44 heavy (non-hydrogen) atoms. The van der Waals surface area contributed by atoms with Crippen molar-refractivity contribution >= 4 is 85.1 Å². The summed E-state index contributed by atoms with van der Waals surface area (Å²) in [6, 6.07) is 13.8. The van der Waals surface area contributed by atoms with Gasteiger partial charge in [0.2, 0.25) is 5.91 Å². The van der Waals surface area contributed by atoms with E-state index in [2.05, 4.69) is 30.7 Å². The highest BCUT2D eigenvalue weighted by Gasteiger charge is 2.42. The summed E-state index contributed by atoms with van der Waals surface area (Å²) in [5.74, 6) is -3.82. The number of hydrogen-bond donors (Lipinski definition) is 3. The number of hydrogen-bond acceptors (Lipinski definition) is 9. The molecule has 0 bridgehead atoms. The number of pyridine rings is 1. The van der Waals surface area contributed by atoms with Crippen LogP contribution in [0.4, 0.5) is 24.0 Å². The summed E-state index contributed by atoms with van der Waals surface area (Å²) in [4.78, 5) is 45.9. The van der Waals surface area contributed by atoms with Crippen LogP contribution in [0.25, 0.3) is 11.3 Å². The molecule has 0 aliphatic heterocycles. The minimum atomic E-state index is -5.17. The van der Waals surface area contributed by atoms with E-state index < -0.39 is 30.0 Å². The fourth-order valence-electron chi connectivity index (χ4n) is 3.73. The molecular weight excluding hydrogens is 827 g/mol. The minimum absolute atomic E-state index is 0.0628. The Morgan fingerprint density at radius 1 is 1.05 bits per heavy atom. The summed E-state index contributed by atoms with van der Waals surface area (Å²) >= 11 is 4.85. The Morgan fingerprint density at radius 3 is 2.32 bits per heavy atom. The molecule has 2 aromatic carbocycles. The second-order valence-corrected chi connectivity index (χ2v) is 12.0. The number of alkyl halides is 3. The van der Waals surface area contributed by atoms with Gasteiger partial charge in [-0.25, -0.2) is 9.78 Å². The van der Waals surface area contributed by atoms with Gasteiger partial charge in [-0.1, -0.05) is 12.1 Å². The Morgan fingerprint density at radius 2 is 1.70 bits per heavy atom. The van der Waals surface area contributed by atoms with Crippen molar-refractivity contribution in [3.8, 4) is 23.1 Å². The number of carbonyl (C=O) groups excluding carboxylic acids is 3. The molecule has 2 heterocycles. The van der Waals surface area contributed by atoms with Gasteiger partial charge in [0.1, 0.15) is 12.6 Å². The third-order valence-electron chi connectivity index (χ3n) is 5.77. The Balaban J connectivity index is 1.47. The van der Waals surface area contributed by atoms with Crippen molar-refractivity contribution in [2.75, 3.05) is 11.9 Å². The average Bonchev–Trinajstić information content (AvgIpc) is 3.45. The number of nitrogens with zero attached hydrogens (tertiary/aromatic N) is 3. The highest BCUT2D eigenvalue weighted by atomic mass is 127. The number of amides is 2. The van der Waals surface area contributed by atoms with E-state index >= 15 is 0 Å².